The van der Waals surface area contributed by atoms with Gasteiger partial charge in [-0.3, -0.25) is 0 Å². The Bertz CT molecular complexity index is 733. The second kappa shape index (κ2) is 7.38. The highest BCUT2D eigenvalue weighted by Crippen LogP contribution is 2.50. The summed E-state index contributed by atoms with van der Waals surface area (Å²) in [4.78, 5) is 0. The molecule has 0 aromatic heterocycles. The molecule has 0 fully saturated rings. The molecule has 1 heterocycles. The molecule has 1 N–H and O–H groups in total. The number of methoxy groups -OCH3 is 1. The molecular formula is C20H26ClFO3. The van der Waals surface area contributed by atoms with Gasteiger partial charge in [-0.1, -0.05) is 32.4 Å². The number of allylic oxidation sites excluding steroid dienone is 2. The second-order valence-corrected chi connectivity index (χ2v) is 7.38. The summed E-state index contributed by atoms with van der Waals surface area (Å²) in [6.07, 6.45) is 2.48. The van der Waals surface area contributed by atoms with Crippen LogP contribution in [0.1, 0.15) is 52.2 Å². The van der Waals surface area contributed by atoms with Crippen LogP contribution in [0.3, 0.4) is 0 Å². The van der Waals surface area contributed by atoms with Crippen LogP contribution in [0.4, 0.5) is 4.39 Å². The molecular weight excluding hydrogens is 343 g/mol. The molecule has 0 saturated carbocycles. The van der Waals surface area contributed by atoms with Gasteiger partial charge in [-0.2, -0.15) is 0 Å². The Morgan fingerprint density at radius 2 is 2.04 bits per heavy atom. The van der Waals surface area contributed by atoms with Crippen molar-refractivity contribution < 1.29 is 19.0 Å². The highest BCUT2D eigenvalue weighted by molar-refractivity contribution is 6.34. The molecule has 0 aliphatic carbocycles. The molecule has 1 aromatic carbocycles. The molecule has 0 amide bonds. The van der Waals surface area contributed by atoms with E-state index >= 15 is 0 Å². The summed E-state index contributed by atoms with van der Waals surface area (Å²) in [7, 11) is 1.49. The molecule has 1 aliphatic rings. The molecule has 138 valence electrons. The molecule has 0 bridgehead atoms. The van der Waals surface area contributed by atoms with Crippen molar-refractivity contribution >= 4 is 22.7 Å². The average Bonchev–Trinajstić information content (AvgIpc) is 2.55. The van der Waals surface area contributed by atoms with Crippen LogP contribution in [0.2, 0.25) is 5.02 Å². The lowest BCUT2D eigenvalue weighted by Crippen LogP contribution is -2.30. The molecule has 0 atom stereocenters. The molecule has 0 spiro atoms. The van der Waals surface area contributed by atoms with E-state index in [1.165, 1.54) is 7.11 Å². The predicted octanol–water partition coefficient (Wildman–Crippen LogP) is 5.64. The average molecular weight is 369 g/mol. The first-order valence-corrected chi connectivity index (χ1v) is 8.86. The van der Waals surface area contributed by atoms with Crippen LogP contribution in [0.5, 0.6) is 11.5 Å². The van der Waals surface area contributed by atoms with Gasteiger partial charge in [0.2, 0.25) is 0 Å². The monoisotopic (exact) mass is 368 g/mol. The zero-order chi connectivity index (χ0) is 18.9. The molecule has 1 aliphatic heterocycles. The standard InChI is InChI=1S/C20H26ClFO3/c1-7-12(16(22)10-23)13-8-14-15(11(2)3)9-20(4,5)25-19(14)17(21)18(13)24-6/h8-9,11,23H,7,10H2,1-6H3. The first-order valence-electron chi connectivity index (χ1n) is 8.48. The maximum absolute atomic E-state index is 14.2. The molecule has 5 heteroatoms. The first kappa shape index (κ1) is 19.8. The maximum Gasteiger partial charge on any atom is 0.150 e. The summed E-state index contributed by atoms with van der Waals surface area (Å²) in [6.45, 7) is 9.31. The smallest absolute Gasteiger partial charge is 0.150 e. The van der Waals surface area contributed by atoms with Gasteiger partial charge in [0.25, 0.3) is 0 Å². The number of aliphatic hydroxyl groups is 1. The van der Waals surface area contributed by atoms with Crippen molar-refractivity contribution in [2.45, 2.75) is 46.6 Å². The van der Waals surface area contributed by atoms with Crippen molar-refractivity contribution in [3.05, 3.63) is 34.1 Å². The van der Waals surface area contributed by atoms with E-state index < -0.39 is 18.0 Å². The van der Waals surface area contributed by atoms with Gasteiger partial charge in [-0.25, -0.2) is 4.39 Å². The molecule has 2 rings (SSSR count). The fourth-order valence-corrected chi connectivity index (χ4v) is 3.52. The number of benzene rings is 1. The summed E-state index contributed by atoms with van der Waals surface area (Å²) in [5, 5.41) is 9.56. The van der Waals surface area contributed by atoms with E-state index in [4.69, 9.17) is 21.1 Å². The Morgan fingerprint density at radius 1 is 1.40 bits per heavy atom. The summed E-state index contributed by atoms with van der Waals surface area (Å²) in [6, 6.07) is 1.86. The molecule has 0 unspecified atom stereocenters. The van der Waals surface area contributed by atoms with Crippen LogP contribution in [0, 0.1) is 5.92 Å². The summed E-state index contributed by atoms with van der Waals surface area (Å²) in [5.41, 5.74) is 2.37. The highest BCUT2D eigenvalue weighted by atomic mass is 35.5. The van der Waals surface area contributed by atoms with Crippen LogP contribution in [-0.4, -0.2) is 24.4 Å². The third-order valence-corrected chi connectivity index (χ3v) is 4.67. The summed E-state index contributed by atoms with van der Waals surface area (Å²) >= 11 is 6.59. The van der Waals surface area contributed by atoms with E-state index in [2.05, 4.69) is 19.9 Å². The quantitative estimate of drug-likeness (QED) is 0.730. The normalized spacial score (nSPS) is 16.8. The summed E-state index contributed by atoms with van der Waals surface area (Å²) in [5.74, 6) is 0.583. The Kier molecular flexibility index (Phi) is 5.85. The minimum absolute atomic E-state index is 0.246. The van der Waals surface area contributed by atoms with Crippen molar-refractivity contribution in [2.75, 3.05) is 13.7 Å². The number of ether oxygens (including phenoxy) is 2. The molecule has 0 radical (unpaired) electrons. The molecule has 0 saturated heterocycles. The molecule has 1 aromatic rings. The largest absolute Gasteiger partial charge is 0.494 e. The third-order valence-electron chi connectivity index (χ3n) is 4.33. The van der Waals surface area contributed by atoms with Crippen molar-refractivity contribution in [3.63, 3.8) is 0 Å². The van der Waals surface area contributed by atoms with Crippen LogP contribution < -0.4 is 9.47 Å². The maximum atomic E-state index is 14.2. The molecule has 25 heavy (non-hydrogen) atoms. The lowest BCUT2D eigenvalue weighted by atomic mass is 9.85. The van der Waals surface area contributed by atoms with Gasteiger partial charge >= 0.3 is 0 Å². The van der Waals surface area contributed by atoms with Gasteiger partial charge in [0, 0.05) is 11.1 Å². The van der Waals surface area contributed by atoms with Crippen molar-refractivity contribution in [2.24, 2.45) is 5.92 Å². The van der Waals surface area contributed by atoms with Gasteiger partial charge < -0.3 is 14.6 Å². The Morgan fingerprint density at radius 3 is 2.52 bits per heavy atom. The van der Waals surface area contributed by atoms with Crippen LogP contribution >= 0.6 is 11.6 Å². The van der Waals surface area contributed by atoms with Gasteiger partial charge in [-0.05, 0) is 49.5 Å². The minimum atomic E-state index is -0.655. The van der Waals surface area contributed by atoms with Crippen molar-refractivity contribution in [3.8, 4) is 11.5 Å². The highest BCUT2D eigenvalue weighted by Gasteiger charge is 2.32. The van der Waals surface area contributed by atoms with Crippen LogP contribution in [0.25, 0.3) is 11.1 Å². The van der Waals surface area contributed by atoms with E-state index in [-0.39, 0.29) is 5.92 Å². The van der Waals surface area contributed by atoms with Gasteiger partial charge in [0.05, 0.1) is 13.7 Å². The zero-order valence-electron chi connectivity index (χ0n) is 15.7. The van der Waals surface area contributed by atoms with E-state index in [0.29, 0.717) is 34.1 Å². The van der Waals surface area contributed by atoms with E-state index in [1.807, 2.05) is 26.8 Å². The third kappa shape index (κ3) is 3.70. The number of hydrogen-bond donors (Lipinski definition) is 1. The van der Waals surface area contributed by atoms with Gasteiger partial charge in [0.15, 0.2) is 5.75 Å². The second-order valence-electron chi connectivity index (χ2n) is 7.00. The van der Waals surface area contributed by atoms with E-state index in [0.717, 1.165) is 11.1 Å². The predicted molar refractivity (Wildman–Crippen MR) is 101 cm³/mol. The number of aliphatic hydroxyl groups excluding tert-OH is 1. The van der Waals surface area contributed by atoms with Gasteiger partial charge in [-0.15, -0.1) is 0 Å². The SMILES string of the molecule is CCC(=C(F)CO)c1cc2c(c(Cl)c1OC)OC(C)(C)C=C2C(C)C. The van der Waals surface area contributed by atoms with E-state index in [1.54, 1.807) is 0 Å². The first-order chi connectivity index (χ1) is 11.7. The van der Waals surface area contributed by atoms with Gasteiger partial charge in [0.1, 0.15) is 22.2 Å². The number of halogens is 2. The minimum Gasteiger partial charge on any atom is -0.494 e. The van der Waals surface area contributed by atoms with Crippen molar-refractivity contribution in [1.29, 1.82) is 0 Å². The Hall–Kier alpha value is -1.52. The Balaban J connectivity index is 2.84. The summed E-state index contributed by atoms with van der Waals surface area (Å²) < 4.78 is 25.8. The van der Waals surface area contributed by atoms with Crippen LogP contribution in [-0.2, 0) is 0 Å². The lowest BCUT2D eigenvalue weighted by Gasteiger charge is -2.34. The fraction of sp³-hybridized carbons (Fsp3) is 0.500. The number of rotatable bonds is 5. The number of fused-ring (bicyclic) bond motifs is 1. The van der Waals surface area contributed by atoms with E-state index in [9.17, 15) is 9.50 Å². The van der Waals surface area contributed by atoms with Crippen LogP contribution in [0.15, 0.2) is 18.0 Å². The fourth-order valence-electron chi connectivity index (χ4n) is 3.20. The number of hydrogen-bond acceptors (Lipinski definition) is 3. The Labute approximate surface area is 154 Å². The topological polar surface area (TPSA) is 38.7 Å². The molecule has 3 nitrogen and oxygen atoms in total. The zero-order valence-corrected chi connectivity index (χ0v) is 16.4. The van der Waals surface area contributed by atoms with Crippen molar-refractivity contribution in [1.82, 2.24) is 0 Å². The lowest BCUT2D eigenvalue weighted by molar-refractivity contribution is 0.156.